The molecule has 20 heavy (non-hydrogen) atoms. The van der Waals surface area contributed by atoms with Crippen LogP contribution in [0.15, 0.2) is 28.8 Å². The molecule has 1 aromatic carbocycles. The molecule has 0 unspecified atom stereocenters. The summed E-state index contributed by atoms with van der Waals surface area (Å²) in [6.07, 6.45) is 2.17. The molecular formula is C14H16FN3O2. The fraction of sp³-hybridized carbons (Fsp3) is 0.429. The van der Waals surface area contributed by atoms with Gasteiger partial charge in [0, 0.05) is 18.2 Å². The quantitative estimate of drug-likeness (QED) is 0.927. The number of hydrogen-bond donors (Lipinski definition) is 1. The first kappa shape index (κ1) is 13.2. The SMILES string of the molecule is Fc1ccc(-c2noc(CN[C@H]3CCCOC3)n2)cc1. The Kier molecular flexibility index (Phi) is 4.03. The van der Waals surface area contributed by atoms with Gasteiger partial charge in [-0.25, -0.2) is 4.39 Å². The van der Waals surface area contributed by atoms with Crippen LogP contribution in [0.25, 0.3) is 11.4 Å². The molecule has 0 spiro atoms. The molecule has 1 aliphatic rings. The van der Waals surface area contributed by atoms with Crippen molar-refractivity contribution in [3.8, 4) is 11.4 Å². The van der Waals surface area contributed by atoms with Gasteiger partial charge in [0.15, 0.2) is 0 Å². The zero-order valence-corrected chi connectivity index (χ0v) is 11.0. The summed E-state index contributed by atoms with van der Waals surface area (Å²) in [7, 11) is 0. The Balaban J connectivity index is 1.60. The summed E-state index contributed by atoms with van der Waals surface area (Å²) >= 11 is 0. The van der Waals surface area contributed by atoms with Gasteiger partial charge in [-0.15, -0.1) is 0 Å². The molecule has 1 aliphatic heterocycles. The van der Waals surface area contributed by atoms with Crippen LogP contribution in [0.5, 0.6) is 0 Å². The largest absolute Gasteiger partial charge is 0.380 e. The minimum atomic E-state index is -0.281. The Bertz CT molecular complexity index is 550. The summed E-state index contributed by atoms with van der Waals surface area (Å²) < 4.78 is 23.4. The van der Waals surface area contributed by atoms with Crippen molar-refractivity contribution in [1.82, 2.24) is 15.5 Å². The van der Waals surface area contributed by atoms with Crippen LogP contribution in [0.2, 0.25) is 0 Å². The molecule has 1 fully saturated rings. The van der Waals surface area contributed by atoms with Gasteiger partial charge < -0.3 is 14.6 Å². The number of benzene rings is 1. The fourth-order valence-corrected chi connectivity index (χ4v) is 2.18. The molecule has 1 aromatic heterocycles. The Morgan fingerprint density at radius 2 is 2.15 bits per heavy atom. The van der Waals surface area contributed by atoms with E-state index >= 15 is 0 Å². The zero-order chi connectivity index (χ0) is 13.8. The average Bonchev–Trinajstić information content (AvgIpc) is 2.96. The van der Waals surface area contributed by atoms with Gasteiger partial charge in [-0.2, -0.15) is 4.98 Å². The van der Waals surface area contributed by atoms with E-state index in [2.05, 4.69) is 15.5 Å². The normalized spacial score (nSPS) is 19.1. The maximum absolute atomic E-state index is 12.8. The highest BCUT2D eigenvalue weighted by Crippen LogP contribution is 2.16. The van der Waals surface area contributed by atoms with Gasteiger partial charge in [0.25, 0.3) is 0 Å². The van der Waals surface area contributed by atoms with Gasteiger partial charge in [0.05, 0.1) is 13.2 Å². The smallest absolute Gasteiger partial charge is 0.240 e. The van der Waals surface area contributed by atoms with Crippen LogP contribution in [0.3, 0.4) is 0 Å². The molecule has 1 saturated heterocycles. The Morgan fingerprint density at radius 3 is 2.90 bits per heavy atom. The van der Waals surface area contributed by atoms with Gasteiger partial charge in [-0.05, 0) is 37.1 Å². The highest BCUT2D eigenvalue weighted by molar-refractivity contribution is 5.53. The van der Waals surface area contributed by atoms with E-state index in [-0.39, 0.29) is 5.82 Å². The lowest BCUT2D eigenvalue weighted by molar-refractivity contribution is 0.0689. The van der Waals surface area contributed by atoms with E-state index in [0.29, 0.717) is 24.3 Å². The van der Waals surface area contributed by atoms with Crippen molar-refractivity contribution in [2.24, 2.45) is 0 Å². The Morgan fingerprint density at radius 1 is 1.30 bits per heavy atom. The van der Waals surface area contributed by atoms with E-state index in [1.54, 1.807) is 12.1 Å². The van der Waals surface area contributed by atoms with Crippen molar-refractivity contribution in [1.29, 1.82) is 0 Å². The van der Waals surface area contributed by atoms with E-state index < -0.39 is 0 Å². The van der Waals surface area contributed by atoms with Crippen molar-refractivity contribution in [3.63, 3.8) is 0 Å². The monoisotopic (exact) mass is 277 g/mol. The number of halogens is 1. The number of nitrogens with zero attached hydrogens (tertiary/aromatic N) is 2. The lowest BCUT2D eigenvalue weighted by Crippen LogP contribution is -2.36. The first-order valence-electron chi connectivity index (χ1n) is 6.71. The number of nitrogens with one attached hydrogen (secondary N) is 1. The molecule has 0 bridgehead atoms. The molecule has 2 heterocycles. The second-order valence-electron chi connectivity index (χ2n) is 4.81. The number of rotatable bonds is 4. The van der Waals surface area contributed by atoms with Crippen LogP contribution in [0, 0.1) is 5.82 Å². The van der Waals surface area contributed by atoms with Gasteiger partial charge in [0.1, 0.15) is 5.82 Å². The van der Waals surface area contributed by atoms with Crippen LogP contribution in [0.4, 0.5) is 4.39 Å². The summed E-state index contributed by atoms with van der Waals surface area (Å²) in [5.41, 5.74) is 0.738. The average molecular weight is 277 g/mol. The summed E-state index contributed by atoms with van der Waals surface area (Å²) in [4.78, 5) is 4.29. The maximum Gasteiger partial charge on any atom is 0.240 e. The molecule has 5 nitrogen and oxygen atoms in total. The van der Waals surface area contributed by atoms with Crippen LogP contribution >= 0.6 is 0 Å². The van der Waals surface area contributed by atoms with Crippen molar-refractivity contribution >= 4 is 0 Å². The highest BCUT2D eigenvalue weighted by Gasteiger charge is 2.15. The van der Waals surface area contributed by atoms with Crippen molar-refractivity contribution < 1.29 is 13.7 Å². The summed E-state index contributed by atoms with van der Waals surface area (Å²) in [6.45, 7) is 2.08. The molecule has 6 heteroatoms. The lowest BCUT2D eigenvalue weighted by Gasteiger charge is -2.22. The standard InChI is InChI=1S/C14H16FN3O2/c15-11-5-3-10(4-6-11)14-17-13(20-18-14)8-16-12-2-1-7-19-9-12/h3-6,12,16H,1-2,7-9H2/t12-/m0/s1. The van der Waals surface area contributed by atoms with Crippen molar-refractivity contribution in [2.45, 2.75) is 25.4 Å². The first-order valence-corrected chi connectivity index (χ1v) is 6.71. The second kappa shape index (κ2) is 6.11. The van der Waals surface area contributed by atoms with E-state index in [1.165, 1.54) is 12.1 Å². The number of hydrogen-bond acceptors (Lipinski definition) is 5. The third kappa shape index (κ3) is 3.20. The molecule has 1 atom stereocenters. The van der Waals surface area contributed by atoms with E-state index in [9.17, 15) is 4.39 Å². The number of ether oxygens (including phenoxy) is 1. The van der Waals surface area contributed by atoms with Crippen LogP contribution in [-0.2, 0) is 11.3 Å². The van der Waals surface area contributed by atoms with E-state index in [1.807, 2.05) is 0 Å². The Labute approximate surface area is 116 Å². The first-order chi connectivity index (χ1) is 9.81. The minimum Gasteiger partial charge on any atom is -0.380 e. The summed E-state index contributed by atoms with van der Waals surface area (Å²) in [5, 5.41) is 7.23. The van der Waals surface area contributed by atoms with E-state index in [0.717, 1.165) is 31.6 Å². The minimum absolute atomic E-state index is 0.281. The van der Waals surface area contributed by atoms with Crippen LogP contribution in [0.1, 0.15) is 18.7 Å². The molecule has 106 valence electrons. The summed E-state index contributed by atoms with van der Waals surface area (Å²) in [5.74, 6) is 0.716. The molecule has 0 aliphatic carbocycles. The van der Waals surface area contributed by atoms with Gasteiger partial charge >= 0.3 is 0 Å². The number of aromatic nitrogens is 2. The van der Waals surface area contributed by atoms with Crippen LogP contribution in [-0.4, -0.2) is 29.4 Å². The van der Waals surface area contributed by atoms with Crippen LogP contribution < -0.4 is 5.32 Å². The molecule has 0 amide bonds. The molecule has 3 rings (SSSR count). The van der Waals surface area contributed by atoms with E-state index in [4.69, 9.17) is 9.26 Å². The maximum atomic E-state index is 12.8. The predicted molar refractivity (Wildman–Crippen MR) is 70.4 cm³/mol. The van der Waals surface area contributed by atoms with Crippen molar-refractivity contribution in [2.75, 3.05) is 13.2 Å². The van der Waals surface area contributed by atoms with Gasteiger partial charge in [-0.3, -0.25) is 0 Å². The van der Waals surface area contributed by atoms with Gasteiger partial charge in [-0.1, -0.05) is 5.16 Å². The predicted octanol–water partition coefficient (Wildman–Crippen LogP) is 2.14. The molecule has 1 N–H and O–H groups in total. The molecular weight excluding hydrogens is 261 g/mol. The molecule has 0 radical (unpaired) electrons. The third-order valence-electron chi connectivity index (χ3n) is 3.27. The van der Waals surface area contributed by atoms with Crippen molar-refractivity contribution in [3.05, 3.63) is 36.0 Å². The molecule has 2 aromatic rings. The lowest BCUT2D eigenvalue weighted by atomic mass is 10.1. The zero-order valence-electron chi connectivity index (χ0n) is 11.0. The highest BCUT2D eigenvalue weighted by atomic mass is 19.1. The second-order valence-corrected chi connectivity index (χ2v) is 4.81. The Hall–Kier alpha value is -1.79. The topological polar surface area (TPSA) is 60.2 Å². The molecule has 0 saturated carbocycles. The summed E-state index contributed by atoms with van der Waals surface area (Å²) in [6, 6.07) is 6.36. The third-order valence-corrected chi connectivity index (χ3v) is 3.27. The fourth-order valence-electron chi connectivity index (χ4n) is 2.18. The van der Waals surface area contributed by atoms with Gasteiger partial charge in [0.2, 0.25) is 11.7 Å².